The normalized spacial score (nSPS) is 21.5. The summed E-state index contributed by atoms with van der Waals surface area (Å²) in [5.74, 6) is 2.24. The van der Waals surface area contributed by atoms with Crippen LogP contribution in [-0.2, 0) is 16.0 Å². The van der Waals surface area contributed by atoms with Crippen molar-refractivity contribution in [2.75, 3.05) is 19.8 Å². The summed E-state index contributed by atoms with van der Waals surface area (Å²) in [5.41, 5.74) is 0. The van der Waals surface area contributed by atoms with Crippen molar-refractivity contribution in [2.24, 2.45) is 5.92 Å². The van der Waals surface area contributed by atoms with Crippen molar-refractivity contribution in [3.63, 3.8) is 0 Å². The fraction of sp³-hybridized carbons (Fsp3) is 0.812. The largest absolute Gasteiger partial charge is 0.381 e. The number of hydrogen-bond acceptors (Lipinski definition) is 5. The van der Waals surface area contributed by atoms with Crippen LogP contribution in [0.2, 0.25) is 0 Å². The molecule has 1 saturated carbocycles. The number of aromatic nitrogens is 2. The molecule has 2 heterocycles. The molecule has 22 heavy (non-hydrogen) atoms. The van der Waals surface area contributed by atoms with Gasteiger partial charge in [-0.15, -0.1) is 0 Å². The molecule has 1 aliphatic carbocycles. The van der Waals surface area contributed by atoms with Crippen molar-refractivity contribution in [3.8, 4) is 0 Å². The van der Waals surface area contributed by atoms with Gasteiger partial charge in [-0.3, -0.25) is 4.79 Å². The number of carbonyl (C=O) groups is 1. The molecule has 6 nitrogen and oxygen atoms in total. The highest BCUT2D eigenvalue weighted by Crippen LogP contribution is 2.29. The molecule has 0 unspecified atom stereocenters. The van der Waals surface area contributed by atoms with Crippen LogP contribution in [0.1, 0.15) is 57.2 Å². The molecule has 0 aromatic carbocycles. The van der Waals surface area contributed by atoms with Gasteiger partial charge >= 0.3 is 0 Å². The lowest BCUT2D eigenvalue weighted by Gasteiger charge is -2.25. The molecule has 1 atom stereocenters. The minimum atomic E-state index is 0.207. The molecule has 0 spiro atoms. The van der Waals surface area contributed by atoms with Crippen LogP contribution in [0.25, 0.3) is 0 Å². The predicted molar refractivity (Wildman–Crippen MR) is 80.4 cm³/mol. The molecular weight excluding hydrogens is 282 g/mol. The van der Waals surface area contributed by atoms with E-state index < -0.39 is 0 Å². The molecule has 1 saturated heterocycles. The number of aryl methyl sites for hydroxylation is 1. The van der Waals surface area contributed by atoms with Gasteiger partial charge < -0.3 is 14.2 Å². The Morgan fingerprint density at radius 1 is 1.36 bits per heavy atom. The second-order valence-electron chi connectivity index (χ2n) is 6.71. The summed E-state index contributed by atoms with van der Waals surface area (Å²) >= 11 is 0. The van der Waals surface area contributed by atoms with Gasteiger partial charge in [0.05, 0.1) is 6.61 Å². The molecule has 122 valence electrons. The molecular formula is C16H25N3O3. The summed E-state index contributed by atoms with van der Waals surface area (Å²) in [6.45, 7) is 6.51. The molecule has 1 aliphatic heterocycles. The van der Waals surface area contributed by atoms with Gasteiger partial charge in [-0.1, -0.05) is 19.0 Å². The van der Waals surface area contributed by atoms with Crippen LogP contribution in [-0.4, -0.2) is 46.7 Å². The minimum absolute atomic E-state index is 0.207. The number of carbonyl (C=O) groups excluding carboxylic acids is 1. The third kappa shape index (κ3) is 3.85. The predicted octanol–water partition coefficient (Wildman–Crippen LogP) is 2.15. The van der Waals surface area contributed by atoms with Gasteiger partial charge in [0.2, 0.25) is 11.8 Å². The Morgan fingerprint density at radius 3 is 2.77 bits per heavy atom. The van der Waals surface area contributed by atoms with E-state index >= 15 is 0 Å². The lowest BCUT2D eigenvalue weighted by molar-refractivity contribution is -0.132. The summed E-state index contributed by atoms with van der Waals surface area (Å²) in [6, 6.07) is 0.446. The van der Waals surface area contributed by atoms with E-state index in [1.165, 1.54) is 0 Å². The highest BCUT2D eigenvalue weighted by molar-refractivity contribution is 5.77. The first kappa shape index (κ1) is 15.5. The Bertz CT molecular complexity index is 504. The minimum Gasteiger partial charge on any atom is -0.381 e. The standard InChI is InChI=1S/C16H25N3O3/c1-11(2)16-17-14(22-18-16)5-6-15(20)19(13-3-4-13)9-12-7-8-21-10-12/h11-13H,3-10H2,1-2H3/t12-/m0/s1. The maximum atomic E-state index is 12.5. The number of hydrogen-bond donors (Lipinski definition) is 0. The fourth-order valence-corrected chi connectivity index (χ4v) is 2.81. The number of nitrogens with zero attached hydrogens (tertiary/aromatic N) is 3. The molecule has 3 rings (SSSR count). The van der Waals surface area contributed by atoms with Crippen molar-refractivity contribution < 1.29 is 14.1 Å². The van der Waals surface area contributed by atoms with Crippen molar-refractivity contribution in [1.29, 1.82) is 0 Å². The summed E-state index contributed by atoms with van der Waals surface area (Å²) < 4.78 is 10.6. The van der Waals surface area contributed by atoms with Crippen LogP contribution in [0.15, 0.2) is 4.52 Å². The molecule has 6 heteroatoms. The SMILES string of the molecule is CC(C)c1noc(CCC(=O)N(C[C@@H]2CCOC2)C2CC2)n1. The second kappa shape index (κ2) is 6.77. The molecule has 2 fully saturated rings. The van der Waals surface area contributed by atoms with Gasteiger partial charge in [0.1, 0.15) is 0 Å². The Kier molecular flexibility index (Phi) is 4.76. The maximum Gasteiger partial charge on any atom is 0.227 e. The third-order valence-electron chi connectivity index (χ3n) is 4.34. The third-order valence-corrected chi connectivity index (χ3v) is 4.34. The summed E-state index contributed by atoms with van der Waals surface area (Å²) in [4.78, 5) is 18.9. The Hall–Kier alpha value is -1.43. The summed E-state index contributed by atoms with van der Waals surface area (Å²) in [7, 11) is 0. The van der Waals surface area contributed by atoms with Crippen molar-refractivity contribution >= 4 is 5.91 Å². The van der Waals surface area contributed by atoms with Crippen LogP contribution in [0.4, 0.5) is 0 Å². The van der Waals surface area contributed by atoms with Crippen molar-refractivity contribution in [1.82, 2.24) is 15.0 Å². The highest BCUT2D eigenvalue weighted by atomic mass is 16.5. The molecule has 1 amide bonds. The Morgan fingerprint density at radius 2 is 2.18 bits per heavy atom. The highest BCUT2D eigenvalue weighted by Gasteiger charge is 2.34. The molecule has 0 radical (unpaired) electrons. The van der Waals surface area contributed by atoms with E-state index in [9.17, 15) is 4.79 Å². The first-order chi connectivity index (χ1) is 10.6. The van der Waals surface area contributed by atoms with Crippen molar-refractivity contribution in [3.05, 3.63) is 11.7 Å². The summed E-state index contributed by atoms with van der Waals surface area (Å²) in [5, 5.41) is 3.94. The average Bonchev–Trinajstić information content (AvgIpc) is 3.02. The molecule has 2 aliphatic rings. The van der Waals surface area contributed by atoms with Gasteiger partial charge in [0.25, 0.3) is 0 Å². The second-order valence-corrected chi connectivity index (χ2v) is 6.71. The fourth-order valence-electron chi connectivity index (χ4n) is 2.81. The topological polar surface area (TPSA) is 68.5 Å². The number of ether oxygens (including phenoxy) is 1. The van der Waals surface area contributed by atoms with Crippen LogP contribution in [0.5, 0.6) is 0 Å². The van der Waals surface area contributed by atoms with Gasteiger partial charge in [0.15, 0.2) is 5.82 Å². The van der Waals surface area contributed by atoms with Crippen LogP contribution >= 0.6 is 0 Å². The molecule has 1 aromatic heterocycles. The number of amides is 1. The average molecular weight is 307 g/mol. The first-order valence-electron chi connectivity index (χ1n) is 8.33. The van der Waals surface area contributed by atoms with Gasteiger partial charge in [-0.25, -0.2) is 0 Å². The lowest BCUT2D eigenvalue weighted by Crippen LogP contribution is -2.37. The van der Waals surface area contributed by atoms with Gasteiger partial charge in [-0.2, -0.15) is 4.98 Å². The Balaban J connectivity index is 1.51. The van der Waals surface area contributed by atoms with E-state index in [1.54, 1.807) is 0 Å². The van der Waals surface area contributed by atoms with Crippen LogP contribution < -0.4 is 0 Å². The Labute approximate surface area is 131 Å². The monoisotopic (exact) mass is 307 g/mol. The first-order valence-corrected chi connectivity index (χ1v) is 8.33. The van der Waals surface area contributed by atoms with E-state index in [1.807, 2.05) is 13.8 Å². The number of rotatable bonds is 7. The van der Waals surface area contributed by atoms with E-state index in [0.29, 0.717) is 36.5 Å². The van der Waals surface area contributed by atoms with E-state index in [4.69, 9.17) is 9.26 Å². The van der Waals surface area contributed by atoms with E-state index in [-0.39, 0.29) is 11.8 Å². The van der Waals surface area contributed by atoms with E-state index in [2.05, 4.69) is 15.0 Å². The van der Waals surface area contributed by atoms with Crippen molar-refractivity contribution in [2.45, 2.75) is 57.9 Å². The molecule has 0 bridgehead atoms. The lowest BCUT2D eigenvalue weighted by atomic mass is 10.1. The zero-order valence-corrected chi connectivity index (χ0v) is 13.5. The summed E-state index contributed by atoms with van der Waals surface area (Å²) in [6.07, 6.45) is 4.32. The smallest absolute Gasteiger partial charge is 0.227 e. The zero-order chi connectivity index (χ0) is 15.5. The maximum absolute atomic E-state index is 12.5. The quantitative estimate of drug-likeness (QED) is 0.772. The van der Waals surface area contributed by atoms with Crippen LogP contribution in [0.3, 0.4) is 0 Å². The van der Waals surface area contributed by atoms with Gasteiger partial charge in [0, 0.05) is 43.9 Å². The zero-order valence-electron chi connectivity index (χ0n) is 13.5. The van der Waals surface area contributed by atoms with E-state index in [0.717, 1.165) is 39.0 Å². The van der Waals surface area contributed by atoms with Crippen LogP contribution in [0, 0.1) is 5.92 Å². The molecule has 1 aromatic rings. The molecule has 0 N–H and O–H groups in total. The van der Waals surface area contributed by atoms with Gasteiger partial charge in [-0.05, 0) is 19.3 Å².